The Balaban J connectivity index is 2.14. The lowest BCUT2D eigenvalue weighted by Crippen LogP contribution is -2.41. The van der Waals surface area contributed by atoms with Gasteiger partial charge in [0, 0.05) is 18.2 Å². The number of benzene rings is 3. The van der Waals surface area contributed by atoms with Crippen molar-refractivity contribution in [2.45, 2.75) is 31.0 Å². The summed E-state index contributed by atoms with van der Waals surface area (Å²) in [5, 5.41) is 12.6. The number of hydrogen-bond donors (Lipinski definition) is 2. The first-order valence-corrected chi connectivity index (χ1v) is 10.1. The van der Waals surface area contributed by atoms with E-state index in [0.29, 0.717) is 11.6 Å². The highest BCUT2D eigenvalue weighted by atomic mass is 19.3. The van der Waals surface area contributed by atoms with Gasteiger partial charge in [0.25, 0.3) is 0 Å². The molecule has 0 saturated heterocycles. The largest absolute Gasteiger partial charge is 0.530 e. The van der Waals surface area contributed by atoms with Crippen LogP contribution in [0.4, 0.5) is 31.1 Å². The van der Waals surface area contributed by atoms with Crippen molar-refractivity contribution < 1.29 is 41.0 Å². The van der Waals surface area contributed by atoms with Crippen molar-refractivity contribution in [3.63, 3.8) is 0 Å². The highest BCUT2D eigenvalue weighted by Gasteiger charge is 2.44. The van der Waals surface area contributed by atoms with E-state index in [1.165, 1.54) is 12.1 Å². The van der Waals surface area contributed by atoms with E-state index in [2.05, 4.69) is 4.74 Å². The fraction of sp³-hybridized carbons (Fsp3) is 0.208. The van der Waals surface area contributed by atoms with E-state index in [1.54, 1.807) is 30.3 Å². The van der Waals surface area contributed by atoms with Crippen LogP contribution in [0.1, 0.15) is 22.3 Å². The SMILES string of the molecule is NC(Cc1ccccc1)(c1cc(F)cc(OC(F)(F)C(F)F)c1)c1ccc(F)c(CNC(=O)[O-])c1. The third-order valence-corrected chi connectivity index (χ3v) is 5.20. The minimum Gasteiger partial charge on any atom is -0.530 e. The van der Waals surface area contributed by atoms with Crippen LogP contribution in [-0.2, 0) is 18.5 Å². The lowest BCUT2D eigenvalue weighted by atomic mass is 9.78. The van der Waals surface area contributed by atoms with E-state index in [0.717, 1.165) is 18.2 Å². The molecule has 0 radical (unpaired) electrons. The molecule has 186 valence electrons. The quantitative estimate of drug-likeness (QED) is 0.437. The number of ether oxygens (including phenoxy) is 1. The zero-order valence-electron chi connectivity index (χ0n) is 17.9. The molecule has 0 bridgehead atoms. The summed E-state index contributed by atoms with van der Waals surface area (Å²) < 4.78 is 85.0. The maximum atomic E-state index is 14.4. The molecule has 5 nitrogen and oxygen atoms in total. The van der Waals surface area contributed by atoms with Gasteiger partial charge in [0.15, 0.2) is 0 Å². The van der Waals surface area contributed by atoms with E-state index in [9.17, 15) is 36.2 Å². The zero-order valence-corrected chi connectivity index (χ0v) is 17.9. The maximum absolute atomic E-state index is 14.4. The summed E-state index contributed by atoms with van der Waals surface area (Å²) in [7, 11) is 0. The average molecular weight is 497 g/mol. The van der Waals surface area contributed by atoms with Gasteiger partial charge in [-0.25, -0.2) is 8.78 Å². The van der Waals surface area contributed by atoms with Crippen LogP contribution in [0.2, 0.25) is 0 Å². The fourth-order valence-corrected chi connectivity index (χ4v) is 3.52. The van der Waals surface area contributed by atoms with Gasteiger partial charge in [-0.15, -0.1) is 0 Å². The third-order valence-electron chi connectivity index (χ3n) is 5.20. The summed E-state index contributed by atoms with van der Waals surface area (Å²) in [5.41, 5.74) is 5.51. The van der Waals surface area contributed by atoms with Crippen LogP contribution in [0.15, 0.2) is 66.7 Å². The van der Waals surface area contributed by atoms with Gasteiger partial charge in [0.2, 0.25) is 0 Å². The molecule has 35 heavy (non-hydrogen) atoms. The molecule has 3 N–H and O–H groups in total. The van der Waals surface area contributed by atoms with Crippen LogP contribution >= 0.6 is 0 Å². The molecular formula is C24H19F6N2O3-. The van der Waals surface area contributed by atoms with Crippen molar-refractivity contribution in [2.75, 3.05) is 0 Å². The van der Waals surface area contributed by atoms with Crippen LogP contribution in [-0.4, -0.2) is 18.6 Å². The molecule has 0 saturated carbocycles. The Morgan fingerprint density at radius 2 is 1.69 bits per heavy atom. The Hall–Kier alpha value is -3.73. The van der Waals surface area contributed by atoms with Gasteiger partial charge in [-0.1, -0.05) is 36.4 Å². The fourth-order valence-electron chi connectivity index (χ4n) is 3.52. The minimum absolute atomic E-state index is 0.0546. The Labute approximate surface area is 196 Å². The van der Waals surface area contributed by atoms with E-state index in [1.807, 2.05) is 5.32 Å². The third kappa shape index (κ3) is 6.24. The molecule has 1 atom stereocenters. The van der Waals surface area contributed by atoms with Crippen LogP contribution in [0.5, 0.6) is 5.75 Å². The Kier molecular flexibility index (Phi) is 7.59. The number of carbonyl (C=O) groups excluding carboxylic acids is 1. The molecule has 0 aromatic heterocycles. The first-order chi connectivity index (χ1) is 16.4. The predicted octanol–water partition coefficient (Wildman–Crippen LogP) is 4.08. The number of carboxylic acid groups (broad SMARTS) is 1. The number of rotatable bonds is 9. The monoisotopic (exact) mass is 497 g/mol. The smallest absolute Gasteiger partial charge is 0.461 e. The standard InChI is InChI=1S/C24H20F6N2O3/c25-18-9-17(10-19(11-18)35-24(29,30)21(27)28)23(31,12-14-4-2-1-3-5-14)16-6-7-20(26)15(8-16)13-32-22(33)34/h1-11,21,32H,12-13,31H2,(H,33,34)/p-1. The second-order valence-electron chi connectivity index (χ2n) is 7.72. The zero-order chi connectivity index (χ0) is 25.8. The summed E-state index contributed by atoms with van der Waals surface area (Å²) in [5.74, 6) is -2.76. The van der Waals surface area contributed by atoms with Gasteiger partial charge >= 0.3 is 12.5 Å². The van der Waals surface area contributed by atoms with E-state index < -0.39 is 48.1 Å². The van der Waals surface area contributed by atoms with Crippen molar-refractivity contribution >= 4 is 6.09 Å². The highest BCUT2D eigenvalue weighted by Crippen LogP contribution is 2.36. The molecule has 3 aromatic carbocycles. The highest BCUT2D eigenvalue weighted by molar-refractivity contribution is 5.62. The van der Waals surface area contributed by atoms with Crippen molar-refractivity contribution in [2.24, 2.45) is 5.73 Å². The summed E-state index contributed by atoms with van der Waals surface area (Å²) in [4.78, 5) is 10.7. The van der Waals surface area contributed by atoms with Gasteiger partial charge in [0.05, 0.1) is 5.54 Å². The van der Waals surface area contributed by atoms with Crippen molar-refractivity contribution in [3.8, 4) is 5.75 Å². The van der Waals surface area contributed by atoms with Crippen LogP contribution < -0.4 is 20.9 Å². The average Bonchev–Trinajstić information content (AvgIpc) is 2.78. The number of halogens is 6. The van der Waals surface area contributed by atoms with Gasteiger partial charge < -0.3 is 25.7 Å². The number of alkyl halides is 4. The molecule has 0 spiro atoms. The number of nitrogens with one attached hydrogen (secondary N) is 1. The molecule has 3 rings (SSSR count). The maximum Gasteiger partial charge on any atom is 0.461 e. The number of amides is 1. The molecule has 3 aromatic rings. The van der Waals surface area contributed by atoms with Crippen LogP contribution in [0.3, 0.4) is 0 Å². The van der Waals surface area contributed by atoms with Crippen molar-refractivity contribution in [1.82, 2.24) is 5.32 Å². The van der Waals surface area contributed by atoms with E-state index in [4.69, 9.17) is 5.73 Å². The summed E-state index contributed by atoms with van der Waals surface area (Å²) >= 11 is 0. The van der Waals surface area contributed by atoms with E-state index >= 15 is 0 Å². The molecule has 0 aliphatic carbocycles. The second-order valence-corrected chi connectivity index (χ2v) is 7.72. The van der Waals surface area contributed by atoms with Crippen LogP contribution in [0, 0.1) is 11.6 Å². The first kappa shape index (κ1) is 25.9. The molecule has 11 heteroatoms. The number of carbonyl (C=O) groups is 1. The summed E-state index contributed by atoms with van der Waals surface area (Å²) in [6.07, 6.45) is -10.8. The molecule has 0 heterocycles. The second kappa shape index (κ2) is 10.3. The summed E-state index contributed by atoms with van der Waals surface area (Å²) in [6.45, 7) is -0.471. The Morgan fingerprint density at radius 1 is 1.00 bits per heavy atom. The van der Waals surface area contributed by atoms with Gasteiger partial charge in [-0.05, 0) is 47.4 Å². The Bertz CT molecular complexity index is 1190. The van der Waals surface area contributed by atoms with Gasteiger partial charge in [-0.3, -0.25) is 0 Å². The summed E-state index contributed by atoms with van der Waals surface area (Å²) in [6, 6.07) is 14.3. The number of hydrogen-bond acceptors (Lipinski definition) is 4. The van der Waals surface area contributed by atoms with Crippen molar-refractivity contribution in [3.05, 3.63) is 101 Å². The minimum atomic E-state index is -4.89. The van der Waals surface area contributed by atoms with Gasteiger partial charge in [-0.2, -0.15) is 17.6 Å². The lowest BCUT2D eigenvalue weighted by Gasteiger charge is -2.32. The van der Waals surface area contributed by atoms with Crippen LogP contribution in [0.25, 0.3) is 0 Å². The topological polar surface area (TPSA) is 87.4 Å². The predicted molar refractivity (Wildman–Crippen MR) is 112 cm³/mol. The normalized spacial score (nSPS) is 13.4. The molecule has 1 amide bonds. The van der Waals surface area contributed by atoms with Gasteiger partial charge in [0.1, 0.15) is 23.5 Å². The number of nitrogens with two attached hydrogens (primary N) is 1. The van der Waals surface area contributed by atoms with E-state index in [-0.39, 0.29) is 23.1 Å². The molecular weight excluding hydrogens is 478 g/mol. The molecule has 0 fully saturated rings. The lowest BCUT2D eigenvalue weighted by molar-refractivity contribution is -0.253. The molecule has 1 unspecified atom stereocenters. The molecule has 0 aliphatic heterocycles. The first-order valence-electron chi connectivity index (χ1n) is 10.1. The van der Waals surface area contributed by atoms with Crippen molar-refractivity contribution in [1.29, 1.82) is 0 Å². The Morgan fingerprint density at radius 3 is 2.31 bits per heavy atom. The molecule has 0 aliphatic rings.